The Hall–Kier alpha value is -2.89. The Balaban J connectivity index is 2.18. The largest absolute Gasteiger partial charge is 0.489 e. The minimum atomic E-state index is -0.333. The number of hydrogen-bond acceptors (Lipinski definition) is 4. The van der Waals surface area contributed by atoms with Crippen LogP contribution in [-0.4, -0.2) is 28.9 Å². The van der Waals surface area contributed by atoms with Gasteiger partial charge >= 0.3 is 0 Å². The summed E-state index contributed by atoms with van der Waals surface area (Å²) in [5.41, 5.74) is 1.13. The standard InChI is InChI=1S/C19H23N3O3/c1-12(2)21-19(24)16-11-14(9-10-20-16)18(23)22-15-7-5-6-8-17(15)25-13(3)4/h5-13H,1-4H3,(H,21,24)(H,22,23). The highest BCUT2D eigenvalue weighted by atomic mass is 16.5. The molecule has 2 rings (SSSR count). The quantitative estimate of drug-likeness (QED) is 0.845. The van der Waals surface area contributed by atoms with Crippen LogP contribution in [-0.2, 0) is 0 Å². The summed E-state index contributed by atoms with van der Waals surface area (Å²) >= 11 is 0. The molecular weight excluding hydrogens is 318 g/mol. The molecule has 1 aromatic carbocycles. The number of amides is 2. The van der Waals surface area contributed by atoms with Gasteiger partial charge < -0.3 is 15.4 Å². The Morgan fingerprint density at radius 3 is 2.44 bits per heavy atom. The van der Waals surface area contributed by atoms with E-state index >= 15 is 0 Å². The van der Waals surface area contributed by atoms with Gasteiger partial charge in [0.15, 0.2) is 0 Å². The number of carbonyl (C=O) groups is 2. The molecule has 2 amide bonds. The molecule has 0 unspecified atom stereocenters. The number of aromatic nitrogens is 1. The number of pyridine rings is 1. The fraction of sp³-hybridized carbons (Fsp3) is 0.316. The van der Waals surface area contributed by atoms with Gasteiger partial charge in [-0.3, -0.25) is 14.6 Å². The number of para-hydroxylation sites is 2. The van der Waals surface area contributed by atoms with E-state index in [9.17, 15) is 9.59 Å². The normalized spacial score (nSPS) is 10.6. The van der Waals surface area contributed by atoms with Crippen LogP contribution >= 0.6 is 0 Å². The van der Waals surface area contributed by atoms with E-state index < -0.39 is 0 Å². The summed E-state index contributed by atoms with van der Waals surface area (Å²) in [7, 11) is 0. The molecule has 0 fully saturated rings. The molecule has 0 aliphatic heterocycles. The molecule has 0 radical (unpaired) electrons. The molecule has 6 nitrogen and oxygen atoms in total. The monoisotopic (exact) mass is 341 g/mol. The van der Waals surface area contributed by atoms with E-state index in [1.54, 1.807) is 18.2 Å². The number of nitrogens with zero attached hydrogens (tertiary/aromatic N) is 1. The van der Waals surface area contributed by atoms with Crippen LogP contribution in [0.4, 0.5) is 5.69 Å². The van der Waals surface area contributed by atoms with E-state index in [4.69, 9.17) is 4.74 Å². The predicted molar refractivity (Wildman–Crippen MR) is 97.0 cm³/mol. The molecule has 1 aromatic heterocycles. The van der Waals surface area contributed by atoms with E-state index in [0.717, 1.165) is 0 Å². The summed E-state index contributed by atoms with van der Waals surface area (Å²) in [6.45, 7) is 7.56. The molecule has 0 bridgehead atoms. The van der Waals surface area contributed by atoms with Crippen LogP contribution in [0.1, 0.15) is 48.5 Å². The third kappa shape index (κ3) is 5.31. The zero-order valence-electron chi connectivity index (χ0n) is 14.9. The van der Waals surface area contributed by atoms with Gasteiger partial charge in [-0.05, 0) is 52.0 Å². The van der Waals surface area contributed by atoms with E-state index in [0.29, 0.717) is 17.0 Å². The second-order valence-corrected chi connectivity index (χ2v) is 6.17. The van der Waals surface area contributed by atoms with Gasteiger partial charge in [0.05, 0.1) is 11.8 Å². The van der Waals surface area contributed by atoms with Crippen molar-refractivity contribution in [1.82, 2.24) is 10.3 Å². The van der Waals surface area contributed by atoms with Crippen molar-refractivity contribution in [3.05, 3.63) is 53.9 Å². The van der Waals surface area contributed by atoms with Gasteiger partial charge in [0.2, 0.25) is 0 Å². The zero-order valence-corrected chi connectivity index (χ0v) is 14.9. The van der Waals surface area contributed by atoms with Crippen LogP contribution in [0.15, 0.2) is 42.6 Å². The highest BCUT2D eigenvalue weighted by Gasteiger charge is 2.14. The molecule has 0 saturated heterocycles. The molecule has 2 N–H and O–H groups in total. The number of rotatable bonds is 6. The van der Waals surface area contributed by atoms with Crippen molar-refractivity contribution in [2.24, 2.45) is 0 Å². The minimum absolute atomic E-state index is 0.00755. The first-order valence-corrected chi connectivity index (χ1v) is 8.20. The second-order valence-electron chi connectivity index (χ2n) is 6.17. The van der Waals surface area contributed by atoms with Crippen molar-refractivity contribution in [3.63, 3.8) is 0 Å². The number of ether oxygens (including phenoxy) is 1. The fourth-order valence-electron chi connectivity index (χ4n) is 2.15. The van der Waals surface area contributed by atoms with Crippen molar-refractivity contribution in [2.75, 3.05) is 5.32 Å². The smallest absolute Gasteiger partial charge is 0.270 e. The third-order valence-electron chi connectivity index (χ3n) is 3.17. The van der Waals surface area contributed by atoms with Crippen LogP contribution in [0, 0.1) is 0 Å². The molecule has 132 valence electrons. The minimum Gasteiger partial charge on any atom is -0.489 e. The Bertz CT molecular complexity index is 757. The van der Waals surface area contributed by atoms with Crippen LogP contribution in [0.5, 0.6) is 5.75 Å². The maximum atomic E-state index is 12.5. The van der Waals surface area contributed by atoms with Gasteiger partial charge in [-0.25, -0.2) is 0 Å². The van der Waals surface area contributed by atoms with Crippen molar-refractivity contribution < 1.29 is 14.3 Å². The molecular formula is C19H23N3O3. The van der Waals surface area contributed by atoms with Crippen molar-refractivity contribution in [1.29, 1.82) is 0 Å². The fourth-order valence-corrected chi connectivity index (χ4v) is 2.15. The Labute approximate surface area is 147 Å². The highest BCUT2D eigenvalue weighted by Crippen LogP contribution is 2.25. The van der Waals surface area contributed by atoms with E-state index in [1.807, 2.05) is 39.8 Å². The summed E-state index contributed by atoms with van der Waals surface area (Å²) in [6.07, 6.45) is 1.44. The van der Waals surface area contributed by atoms with Gasteiger partial charge in [0.1, 0.15) is 11.4 Å². The van der Waals surface area contributed by atoms with Crippen LogP contribution < -0.4 is 15.4 Å². The third-order valence-corrected chi connectivity index (χ3v) is 3.17. The number of anilines is 1. The first-order chi connectivity index (χ1) is 11.9. The number of nitrogens with one attached hydrogen (secondary N) is 2. The van der Waals surface area contributed by atoms with Crippen molar-refractivity contribution in [2.45, 2.75) is 39.8 Å². The average Bonchev–Trinajstić information content (AvgIpc) is 2.55. The van der Waals surface area contributed by atoms with Crippen molar-refractivity contribution in [3.8, 4) is 5.75 Å². The molecule has 0 spiro atoms. The van der Waals surface area contributed by atoms with E-state index in [-0.39, 0.29) is 29.7 Å². The second kappa shape index (κ2) is 8.28. The van der Waals surface area contributed by atoms with Crippen LogP contribution in [0.3, 0.4) is 0 Å². The van der Waals surface area contributed by atoms with E-state index in [2.05, 4.69) is 15.6 Å². The van der Waals surface area contributed by atoms with Gasteiger partial charge in [0.25, 0.3) is 11.8 Å². The zero-order chi connectivity index (χ0) is 18.4. The topological polar surface area (TPSA) is 80.3 Å². The lowest BCUT2D eigenvalue weighted by Gasteiger charge is -2.15. The number of benzene rings is 1. The first kappa shape index (κ1) is 18.4. The molecule has 0 aliphatic rings. The lowest BCUT2D eigenvalue weighted by atomic mass is 10.2. The first-order valence-electron chi connectivity index (χ1n) is 8.20. The average molecular weight is 341 g/mol. The number of carbonyl (C=O) groups excluding carboxylic acids is 2. The summed E-state index contributed by atoms with van der Waals surface area (Å²) in [6, 6.07) is 10.2. The lowest BCUT2D eigenvalue weighted by Crippen LogP contribution is -2.31. The molecule has 0 atom stereocenters. The van der Waals surface area contributed by atoms with Gasteiger partial charge in [-0.2, -0.15) is 0 Å². The molecule has 6 heteroatoms. The summed E-state index contributed by atoms with van der Waals surface area (Å²) in [4.78, 5) is 28.6. The Morgan fingerprint density at radius 1 is 1.04 bits per heavy atom. The maximum absolute atomic E-state index is 12.5. The van der Waals surface area contributed by atoms with Gasteiger partial charge in [-0.1, -0.05) is 12.1 Å². The highest BCUT2D eigenvalue weighted by molar-refractivity contribution is 6.06. The van der Waals surface area contributed by atoms with Crippen LogP contribution in [0.2, 0.25) is 0 Å². The molecule has 0 saturated carbocycles. The van der Waals surface area contributed by atoms with Crippen molar-refractivity contribution >= 4 is 17.5 Å². The summed E-state index contributed by atoms with van der Waals surface area (Å²) in [5, 5.41) is 5.57. The Kier molecular flexibility index (Phi) is 6.11. The molecule has 25 heavy (non-hydrogen) atoms. The van der Waals surface area contributed by atoms with Gasteiger partial charge in [0, 0.05) is 17.8 Å². The molecule has 1 heterocycles. The van der Waals surface area contributed by atoms with Gasteiger partial charge in [-0.15, -0.1) is 0 Å². The number of hydrogen-bond donors (Lipinski definition) is 2. The lowest BCUT2D eigenvalue weighted by molar-refractivity contribution is 0.0938. The molecule has 0 aliphatic carbocycles. The van der Waals surface area contributed by atoms with Crippen LogP contribution in [0.25, 0.3) is 0 Å². The maximum Gasteiger partial charge on any atom is 0.270 e. The summed E-state index contributed by atoms with van der Waals surface area (Å²) < 4.78 is 5.70. The molecule has 2 aromatic rings. The summed E-state index contributed by atoms with van der Waals surface area (Å²) in [5.74, 6) is -0.0494. The Morgan fingerprint density at radius 2 is 1.76 bits per heavy atom. The van der Waals surface area contributed by atoms with E-state index in [1.165, 1.54) is 12.3 Å². The predicted octanol–water partition coefficient (Wildman–Crippen LogP) is 3.26. The SMILES string of the molecule is CC(C)NC(=O)c1cc(C(=O)Nc2ccccc2OC(C)C)ccn1.